The third-order valence-electron chi connectivity index (χ3n) is 1.87. The molecule has 7 heteroatoms. The molecule has 0 radical (unpaired) electrons. The molecule has 0 aliphatic rings. The normalized spacial score (nSPS) is 11.9. The Labute approximate surface area is 98.5 Å². The number of nitro benzene ring substituents is 1. The van der Waals surface area contributed by atoms with Crippen molar-refractivity contribution in [3.05, 3.63) is 38.3 Å². The average molecular weight is 292 g/mol. The molecule has 16 heavy (non-hydrogen) atoms. The highest BCUT2D eigenvalue weighted by Gasteiger charge is 2.28. The SMILES string of the molecule is COC(=O)[C@@H](F)c1ccc(Br)cc1[N+](=O)[O-]. The Balaban J connectivity index is 3.22. The summed E-state index contributed by atoms with van der Waals surface area (Å²) >= 11 is 3.02. The fourth-order valence-electron chi connectivity index (χ4n) is 1.12. The highest BCUT2D eigenvalue weighted by atomic mass is 79.9. The molecule has 0 heterocycles. The van der Waals surface area contributed by atoms with Gasteiger partial charge in [0.1, 0.15) is 0 Å². The fourth-order valence-corrected chi connectivity index (χ4v) is 1.47. The van der Waals surface area contributed by atoms with E-state index in [1.54, 1.807) is 0 Å². The van der Waals surface area contributed by atoms with Crippen LogP contribution in [0.15, 0.2) is 22.7 Å². The van der Waals surface area contributed by atoms with Crippen molar-refractivity contribution in [1.82, 2.24) is 0 Å². The number of benzene rings is 1. The Hall–Kier alpha value is -1.50. The summed E-state index contributed by atoms with van der Waals surface area (Å²) in [7, 11) is 1.01. The zero-order valence-electron chi connectivity index (χ0n) is 8.15. The van der Waals surface area contributed by atoms with Crippen molar-refractivity contribution in [3.8, 4) is 0 Å². The van der Waals surface area contributed by atoms with Crippen LogP contribution in [0.5, 0.6) is 0 Å². The number of esters is 1. The molecular weight excluding hydrogens is 285 g/mol. The molecule has 0 aromatic heterocycles. The van der Waals surface area contributed by atoms with E-state index in [1.165, 1.54) is 12.1 Å². The highest BCUT2D eigenvalue weighted by molar-refractivity contribution is 9.10. The van der Waals surface area contributed by atoms with Crippen LogP contribution >= 0.6 is 15.9 Å². The van der Waals surface area contributed by atoms with Crippen LogP contribution in [-0.2, 0) is 9.53 Å². The van der Waals surface area contributed by atoms with E-state index in [4.69, 9.17) is 0 Å². The van der Waals surface area contributed by atoms with Gasteiger partial charge in [0.15, 0.2) is 0 Å². The number of methoxy groups -OCH3 is 1. The molecular formula is C9H7BrFNO4. The van der Waals surface area contributed by atoms with Gasteiger partial charge in [0.2, 0.25) is 6.17 Å². The Bertz CT molecular complexity index is 438. The molecule has 1 rings (SSSR count). The summed E-state index contributed by atoms with van der Waals surface area (Å²) in [4.78, 5) is 20.8. The minimum absolute atomic E-state index is 0.319. The van der Waals surface area contributed by atoms with Crippen LogP contribution in [0, 0.1) is 10.1 Å². The molecule has 0 amide bonds. The summed E-state index contributed by atoms with van der Waals surface area (Å²) < 4.78 is 18.1. The molecule has 0 saturated carbocycles. The Kier molecular flexibility index (Phi) is 3.94. The molecule has 0 N–H and O–H groups in total. The van der Waals surface area contributed by atoms with E-state index in [1.807, 2.05) is 0 Å². The van der Waals surface area contributed by atoms with Crippen molar-refractivity contribution < 1.29 is 18.8 Å². The fraction of sp³-hybridized carbons (Fsp3) is 0.222. The smallest absolute Gasteiger partial charge is 0.345 e. The standard InChI is InChI=1S/C9H7BrFNO4/c1-16-9(13)8(11)6-3-2-5(10)4-7(6)12(14)15/h2-4,8H,1H3/t8-/m0/s1. The summed E-state index contributed by atoms with van der Waals surface area (Å²) in [5.41, 5.74) is -0.785. The van der Waals surface area contributed by atoms with Gasteiger partial charge >= 0.3 is 5.97 Å². The Morgan fingerprint density at radius 2 is 2.25 bits per heavy atom. The van der Waals surface area contributed by atoms with Gasteiger partial charge in [-0.15, -0.1) is 0 Å². The summed E-state index contributed by atoms with van der Waals surface area (Å²) in [6.07, 6.45) is -2.15. The number of alkyl halides is 1. The number of nitro groups is 1. The molecule has 1 aromatic carbocycles. The monoisotopic (exact) mass is 291 g/mol. The maximum atomic E-state index is 13.5. The number of halogens is 2. The zero-order valence-corrected chi connectivity index (χ0v) is 9.73. The number of rotatable bonds is 3. The minimum Gasteiger partial charge on any atom is -0.467 e. The maximum Gasteiger partial charge on any atom is 0.345 e. The van der Waals surface area contributed by atoms with Gasteiger partial charge in [-0.05, 0) is 12.1 Å². The molecule has 5 nitrogen and oxygen atoms in total. The van der Waals surface area contributed by atoms with Gasteiger partial charge in [-0.1, -0.05) is 15.9 Å². The molecule has 0 spiro atoms. The Morgan fingerprint density at radius 1 is 1.62 bits per heavy atom. The molecule has 1 aromatic rings. The molecule has 0 aliphatic carbocycles. The first-order valence-corrected chi connectivity index (χ1v) is 4.92. The van der Waals surface area contributed by atoms with Crippen LogP contribution in [0.1, 0.15) is 11.7 Å². The van der Waals surface area contributed by atoms with Gasteiger partial charge in [0.05, 0.1) is 17.6 Å². The molecule has 0 aliphatic heterocycles. The molecule has 0 bridgehead atoms. The van der Waals surface area contributed by atoms with Crippen LogP contribution in [0.2, 0.25) is 0 Å². The van der Waals surface area contributed by atoms with Crippen LogP contribution in [0.4, 0.5) is 10.1 Å². The van der Waals surface area contributed by atoms with Gasteiger partial charge in [-0.3, -0.25) is 10.1 Å². The second-order valence-electron chi connectivity index (χ2n) is 2.85. The number of hydrogen-bond acceptors (Lipinski definition) is 4. The van der Waals surface area contributed by atoms with E-state index >= 15 is 0 Å². The third kappa shape index (κ3) is 2.54. The van der Waals surface area contributed by atoms with Gasteiger partial charge in [0, 0.05) is 10.5 Å². The van der Waals surface area contributed by atoms with Crippen molar-refractivity contribution in [2.75, 3.05) is 7.11 Å². The number of carbonyl (C=O) groups is 1. The first-order chi connectivity index (χ1) is 7.47. The number of carbonyl (C=O) groups excluding carboxylic acids is 1. The van der Waals surface area contributed by atoms with Crippen molar-refractivity contribution in [3.63, 3.8) is 0 Å². The lowest BCUT2D eigenvalue weighted by atomic mass is 10.1. The predicted octanol–water partition coefficient (Wildman–Crippen LogP) is 2.54. The summed E-state index contributed by atoms with van der Waals surface area (Å²) in [5.74, 6) is -1.16. The van der Waals surface area contributed by atoms with Crippen molar-refractivity contribution in [2.45, 2.75) is 6.17 Å². The lowest BCUT2D eigenvalue weighted by Crippen LogP contribution is -2.11. The van der Waals surface area contributed by atoms with E-state index in [0.717, 1.165) is 13.2 Å². The maximum absolute atomic E-state index is 13.5. The second kappa shape index (κ2) is 5.02. The van der Waals surface area contributed by atoms with Crippen molar-refractivity contribution in [1.29, 1.82) is 0 Å². The molecule has 0 unspecified atom stereocenters. The average Bonchev–Trinajstić information content (AvgIpc) is 2.26. The quantitative estimate of drug-likeness (QED) is 0.487. The van der Waals surface area contributed by atoms with Crippen LogP contribution < -0.4 is 0 Å². The summed E-state index contributed by atoms with van der Waals surface area (Å²) in [6, 6.07) is 3.71. The molecule has 86 valence electrons. The predicted molar refractivity (Wildman–Crippen MR) is 56.7 cm³/mol. The highest BCUT2D eigenvalue weighted by Crippen LogP contribution is 2.31. The van der Waals surface area contributed by atoms with Gasteiger partial charge < -0.3 is 4.74 Å². The topological polar surface area (TPSA) is 69.4 Å². The number of hydrogen-bond donors (Lipinski definition) is 0. The summed E-state index contributed by atoms with van der Waals surface area (Å²) in [5, 5.41) is 10.7. The van der Waals surface area contributed by atoms with E-state index < -0.39 is 22.8 Å². The van der Waals surface area contributed by atoms with Crippen molar-refractivity contribution in [2.24, 2.45) is 0 Å². The lowest BCUT2D eigenvalue weighted by Gasteiger charge is -2.07. The van der Waals surface area contributed by atoms with Crippen LogP contribution in [0.25, 0.3) is 0 Å². The zero-order chi connectivity index (χ0) is 12.3. The number of ether oxygens (including phenoxy) is 1. The van der Waals surface area contributed by atoms with Gasteiger partial charge in [-0.2, -0.15) is 0 Å². The first-order valence-electron chi connectivity index (χ1n) is 4.13. The van der Waals surface area contributed by atoms with E-state index in [9.17, 15) is 19.3 Å². The van der Waals surface area contributed by atoms with Crippen LogP contribution in [-0.4, -0.2) is 18.0 Å². The van der Waals surface area contributed by atoms with Crippen molar-refractivity contribution >= 4 is 27.6 Å². The first kappa shape index (κ1) is 12.6. The van der Waals surface area contributed by atoms with E-state index in [-0.39, 0.29) is 5.56 Å². The van der Waals surface area contributed by atoms with Gasteiger partial charge in [0.25, 0.3) is 5.69 Å². The van der Waals surface area contributed by atoms with Gasteiger partial charge in [-0.25, -0.2) is 9.18 Å². The summed E-state index contributed by atoms with van der Waals surface area (Å²) in [6.45, 7) is 0. The molecule has 1 atom stereocenters. The largest absolute Gasteiger partial charge is 0.467 e. The third-order valence-corrected chi connectivity index (χ3v) is 2.36. The lowest BCUT2D eigenvalue weighted by molar-refractivity contribution is -0.386. The van der Waals surface area contributed by atoms with Crippen LogP contribution in [0.3, 0.4) is 0 Å². The molecule has 0 fully saturated rings. The minimum atomic E-state index is -2.15. The second-order valence-corrected chi connectivity index (χ2v) is 3.76. The van der Waals surface area contributed by atoms with E-state index in [0.29, 0.717) is 4.47 Å². The molecule has 0 saturated heterocycles. The van der Waals surface area contributed by atoms with E-state index in [2.05, 4.69) is 20.7 Å². The number of nitrogens with zero attached hydrogens (tertiary/aromatic N) is 1. The Morgan fingerprint density at radius 3 is 2.75 bits per heavy atom.